The predicted octanol–water partition coefficient (Wildman–Crippen LogP) is 2.89. The third-order valence-corrected chi connectivity index (χ3v) is 4.01. The third-order valence-electron chi connectivity index (χ3n) is 3.48. The summed E-state index contributed by atoms with van der Waals surface area (Å²) in [5.74, 6) is 1.07. The monoisotopic (exact) mass is 335 g/mol. The van der Waals surface area contributed by atoms with Crippen molar-refractivity contribution in [3.8, 4) is 0 Å². The van der Waals surface area contributed by atoms with Crippen molar-refractivity contribution in [1.82, 2.24) is 14.5 Å². The highest BCUT2D eigenvalue weighted by Crippen LogP contribution is 2.14. The summed E-state index contributed by atoms with van der Waals surface area (Å²) in [5, 5.41) is 0. The van der Waals surface area contributed by atoms with E-state index in [1.165, 1.54) is 0 Å². The van der Waals surface area contributed by atoms with E-state index in [4.69, 9.17) is 0 Å². The van der Waals surface area contributed by atoms with Gasteiger partial charge in [0, 0.05) is 29.5 Å². The topological polar surface area (TPSA) is 38.1 Å². The molecule has 0 spiro atoms. The SMILES string of the molecule is CC(C(=O)c1ccc(Br)cc1)N(C)Cc1nccn1C. The molecule has 1 unspecified atom stereocenters. The van der Waals surface area contributed by atoms with E-state index in [2.05, 4.69) is 20.9 Å². The fourth-order valence-electron chi connectivity index (χ4n) is 1.96. The van der Waals surface area contributed by atoms with Crippen LogP contribution in [0.25, 0.3) is 0 Å². The molecule has 0 radical (unpaired) electrons. The number of imidazole rings is 1. The minimum absolute atomic E-state index is 0.120. The first-order valence-electron chi connectivity index (χ1n) is 6.45. The van der Waals surface area contributed by atoms with E-state index in [-0.39, 0.29) is 11.8 Å². The summed E-state index contributed by atoms with van der Waals surface area (Å²) in [6.07, 6.45) is 3.68. The van der Waals surface area contributed by atoms with E-state index in [1.807, 2.05) is 60.9 Å². The molecule has 0 bridgehead atoms. The van der Waals surface area contributed by atoms with Gasteiger partial charge in [-0.2, -0.15) is 0 Å². The average Bonchev–Trinajstić information content (AvgIpc) is 2.83. The number of rotatable bonds is 5. The molecule has 20 heavy (non-hydrogen) atoms. The number of hydrogen-bond acceptors (Lipinski definition) is 3. The molecule has 106 valence electrons. The number of ketones is 1. The molecule has 0 saturated heterocycles. The molecule has 0 aliphatic carbocycles. The van der Waals surface area contributed by atoms with Crippen molar-refractivity contribution < 1.29 is 4.79 Å². The molecule has 1 aromatic heterocycles. The Balaban J connectivity index is 2.06. The maximum absolute atomic E-state index is 12.4. The molecule has 0 N–H and O–H groups in total. The van der Waals surface area contributed by atoms with Gasteiger partial charge >= 0.3 is 0 Å². The maximum atomic E-state index is 12.4. The van der Waals surface area contributed by atoms with Crippen LogP contribution in [-0.4, -0.2) is 33.3 Å². The van der Waals surface area contributed by atoms with Crippen LogP contribution in [0.3, 0.4) is 0 Å². The molecule has 0 amide bonds. The Morgan fingerprint density at radius 3 is 2.60 bits per heavy atom. The zero-order valence-electron chi connectivity index (χ0n) is 11.9. The van der Waals surface area contributed by atoms with E-state index in [1.54, 1.807) is 6.20 Å². The van der Waals surface area contributed by atoms with Gasteiger partial charge in [0.2, 0.25) is 0 Å². The molecule has 1 heterocycles. The van der Waals surface area contributed by atoms with Crippen LogP contribution in [0.2, 0.25) is 0 Å². The Morgan fingerprint density at radius 2 is 2.05 bits per heavy atom. The molecule has 2 rings (SSSR count). The summed E-state index contributed by atoms with van der Waals surface area (Å²) >= 11 is 3.38. The number of nitrogens with zero attached hydrogens (tertiary/aromatic N) is 3. The molecule has 0 saturated carbocycles. The van der Waals surface area contributed by atoms with Gasteiger partial charge in [-0.1, -0.05) is 28.1 Å². The first-order valence-corrected chi connectivity index (χ1v) is 7.24. The molecule has 0 fully saturated rings. The van der Waals surface area contributed by atoms with Crippen LogP contribution in [0, 0.1) is 0 Å². The minimum atomic E-state index is -0.187. The zero-order valence-corrected chi connectivity index (χ0v) is 13.5. The molecule has 5 heteroatoms. The summed E-state index contributed by atoms with van der Waals surface area (Å²) < 4.78 is 2.94. The Kier molecular flexibility index (Phi) is 4.73. The second kappa shape index (κ2) is 6.33. The summed E-state index contributed by atoms with van der Waals surface area (Å²) in [6.45, 7) is 2.57. The first-order chi connectivity index (χ1) is 9.49. The molecule has 0 aliphatic heterocycles. The molecule has 1 atom stereocenters. The van der Waals surface area contributed by atoms with Crippen LogP contribution < -0.4 is 0 Å². The van der Waals surface area contributed by atoms with Crippen molar-refractivity contribution in [1.29, 1.82) is 0 Å². The van der Waals surface area contributed by atoms with Gasteiger partial charge < -0.3 is 4.57 Å². The Labute approximate surface area is 127 Å². The van der Waals surface area contributed by atoms with Gasteiger partial charge in [-0.15, -0.1) is 0 Å². The highest BCUT2D eigenvalue weighted by Gasteiger charge is 2.20. The average molecular weight is 336 g/mol. The minimum Gasteiger partial charge on any atom is -0.337 e. The number of benzene rings is 1. The lowest BCUT2D eigenvalue weighted by Crippen LogP contribution is -2.36. The molecule has 1 aromatic carbocycles. The number of Topliss-reactive ketones (excluding diaryl/α,β-unsaturated/α-hetero) is 1. The van der Waals surface area contributed by atoms with E-state index < -0.39 is 0 Å². The molecular formula is C15H18BrN3O. The number of aryl methyl sites for hydroxylation is 1. The van der Waals surface area contributed by atoms with E-state index >= 15 is 0 Å². The van der Waals surface area contributed by atoms with Crippen LogP contribution >= 0.6 is 15.9 Å². The smallest absolute Gasteiger partial charge is 0.179 e. The van der Waals surface area contributed by atoms with Crippen molar-refractivity contribution >= 4 is 21.7 Å². The molecule has 2 aromatic rings. The highest BCUT2D eigenvalue weighted by molar-refractivity contribution is 9.10. The van der Waals surface area contributed by atoms with Crippen LogP contribution in [0.4, 0.5) is 0 Å². The van der Waals surface area contributed by atoms with Gasteiger partial charge in [0.15, 0.2) is 5.78 Å². The number of carbonyl (C=O) groups is 1. The third kappa shape index (κ3) is 3.35. The van der Waals surface area contributed by atoms with Crippen molar-refractivity contribution in [2.24, 2.45) is 7.05 Å². The maximum Gasteiger partial charge on any atom is 0.179 e. The van der Waals surface area contributed by atoms with E-state index in [0.29, 0.717) is 6.54 Å². The fraction of sp³-hybridized carbons (Fsp3) is 0.333. The zero-order chi connectivity index (χ0) is 14.7. The molecular weight excluding hydrogens is 318 g/mol. The van der Waals surface area contributed by atoms with Crippen LogP contribution in [0.15, 0.2) is 41.1 Å². The summed E-state index contributed by atoms with van der Waals surface area (Å²) in [7, 11) is 3.90. The Morgan fingerprint density at radius 1 is 1.40 bits per heavy atom. The fourth-order valence-corrected chi connectivity index (χ4v) is 2.23. The van der Waals surface area contributed by atoms with Crippen molar-refractivity contribution in [2.75, 3.05) is 7.05 Å². The Hall–Kier alpha value is -1.46. The number of aromatic nitrogens is 2. The van der Waals surface area contributed by atoms with Gasteiger partial charge in [-0.05, 0) is 26.1 Å². The number of carbonyl (C=O) groups excluding carboxylic acids is 1. The number of likely N-dealkylation sites (N-methyl/N-ethyl adjacent to an activating group) is 1. The number of hydrogen-bond donors (Lipinski definition) is 0. The normalized spacial score (nSPS) is 12.7. The quantitative estimate of drug-likeness (QED) is 0.788. The lowest BCUT2D eigenvalue weighted by Gasteiger charge is -2.23. The second-order valence-electron chi connectivity index (χ2n) is 4.92. The van der Waals surface area contributed by atoms with Gasteiger partial charge in [-0.3, -0.25) is 9.69 Å². The van der Waals surface area contributed by atoms with Crippen LogP contribution in [0.5, 0.6) is 0 Å². The van der Waals surface area contributed by atoms with Crippen molar-refractivity contribution in [3.63, 3.8) is 0 Å². The molecule has 0 aliphatic rings. The van der Waals surface area contributed by atoms with E-state index in [9.17, 15) is 4.79 Å². The summed E-state index contributed by atoms with van der Waals surface area (Å²) in [5.41, 5.74) is 0.729. The van der Waals surface area contributed by atoms with Gasteiger partial charge in [-0.25, -0.2) is 4.98 Å². The van der Waals surface area contributed by atoms with Crippen LogP contribution in [0.1, 0.15) is 23.1 Å². The van der Waals surface area contributed by atoms with Gasteiger partial charge in [0.25, 0.3) is 0 Å². The van der Waals surface area contributed by atoms with Crippen molar-refractivity contribution in [2.45, 2.75) is 19.5 Å². The standard InChI is InChI=1S/C15H18BrN3O/c1-11(15(20)12-4-6-13(16)7-5-12)19(3)10-14-17-8-9-18(14)2/h4-9,11H,10H2,1-3H3. The summed E-state index contributed by atoms with van der Waals surface area (Å²) in [6, 6.07) is 7.28. The lowest BCUT2D eigenvalue weighted by molar-refractivity contribution is 0.0859. The predicted molar refractivity (Wildman–Crippen MR) is 82.6 cm³/mol. The van der Waals surface area contributed by atoms with Gasteiger partial charge in [0.1, 0.15) is 5.82 Å². The number of halogens is 1. The van der Waals surface area contributed by atoms with Crippen molar-refractivity contribution in [3.05, 3.63) is 52.5 Å². The highest BCUT2D eigenvalue weighted by atomic mass is 79.9. The first kappa shape index (κ1) is 14.9. The Bertz CT molecular complexity index is 591. The lowest BCUT2D eigenvalue weighted by atomic mass is 10.0. The summed E-state index contributed by atoms with van der Waals surface area (Å²) in [4.78, 5) is 18.7. The van der Waals surface area contributed by atoms with Gasteiger partial charge in [0.05, 0.1) is 12.6 Å². The molecule has 4 nitrogen and oxygen atoms in total. The second-order valence-corrected chi connectivity index (χ2v) is 5.83. The van der Waals surface area contributed by atoms with Crippen LogP contribution in [-0.2, 0) is 13.6 Å². The van der Waals surface area contributed by atoms with E-state index in [0.717, 1.165) is 15.9 Å². The largest absolute Gasteiger partial charge is 0.337 e.